The lowest BCUT2D eigenvalue weighted by Crippen LogP contribution is -2.43. The summed E-state index contributed by atoms with van der Waals surface area (Å²) in [6.45, 7) is 0.703. The van der Waals surface area contributed by atoms with Gasteiger partial charge in [0, 0.05) is 16.7 Å². The van der Waals surface area contributed by atoms with E-state index < -0.39 is 6.09 Å². The fourth-order valence-corrected chi connectivity index (χ4v) is 4.18. The second kappa shape index (κ2) is 10.2. The van der Waals surface area contributed by atoms with Gasteiger partial charge in [0.1, 0.15) is 6.79 Å². The molecule has 1 aliphatic rings. The van der Waals surface area contributed by atoms with Crippen molar-refractivity contribution in [3.05, 3.63) is 33.4 Å². The molecule has 0 aliphatic heterocycles. The molecule has 1 N–H and O–H groups in total. The summed E-state index contributed by atoms with van der Waals surface area (Å²) in [6, 6.07) is 7.92. The van der Waals surface area contributed by atoms with Crippen molar-refractivity contribution in [3.63, 3.8) is 0 Å². The number of hydrogen-bond acceptors (Lipinski definition) is 3. The standard InChI is InChI=1S/C18H26INO4/c1-23-13-24-12-11-17(15-9-5-6-10-16(15)19)20(18(21)22)14-7-3-2-4-8-14/h5-6,9-10,14,17H,2-4,7-8,11-13H2,1H3,(H,21,22)/t17-/m0/s1. The molecule has 24 heavy (non-hydrogen) atoms. The zero-order valence-electron chi connectivity index (χ0n) is 14.1. The Labute approximate surface area is 157 Å². The molecule has 5 nitrogen and oxygen atoms in total. The zero-order valence-corrected chi connectivity index (χ0v) is 16.3. The predicted molar refractivity (Wildman–Crippen MR) is 101 cm³/mol. The van der Waals surface area contributed by atoms with Gasteiger partial charge in [0.05, 0.1) is 12.6 Å². The van der Waals surface area contributed by atoms with Gasteiger partial charge < -0.3 is 14.6 Å². The van der Waals surface area contributed by atoms with Crippen LogP contribution in [0.1, 0.15) is 50.1 Å². The number of carbonyl (C=O) groups is 1. The highest BCUT2D eigenvalue weighted by molar-refractivity contribution is 14.1. The van der Waals surface area contributed by atoms with E-state index in [0.717, 1.165) is 34.8 Å². The quantitative estimate of drug-likeness (QED) is 0.358. The van der Waals surface area contributed by atoms with Gasteiger partial charge in [-0.15, -0.1) is 0 Å². The Morgan fingerprint density at radius 1 is 1.33 bits per heavy atom. The molecule has 0 saturated heterocycles. The molecule has 1 atom stereocenters. The van der Waals surface area contributed by atoms with Gasteiger partial charge in [-0.1, -0.05) is 37.5 Å². The summed E-state index contributed by atoms with van der Waals surface area (Å²) in [4.78, 5) is 13.7. The normalized spacial score (nSPS) is 16.8. The van der Waals surface area contributed by atoms with Gasteiger partial charge in [0.15, 0.2) is 0 Å². The van der Waals surface area contributed by atoms with E-state index in [0.29, 0.717) is 13.0 Å². The summed E-state index contributed by atoms with van der Waals surface area (Å²) < 4.78 is 11.5. The number of nitrogens with zero attached hydrogens (tertiary/aromatic N) is 1. The Morgan fingerprint density at radius 3 is 2.67 bits per heavy atom. The van der Waals surface area contributed by atoms with Crippen LogP contribution in [0.2, 0.25) is 0 Å². The monoisotopic (exact) mass is 447 g/mol. The molecule has 2 rings (SSSR count). The van der Waals surface area contributed by atoms with Crippen molar-refractivity contribution in [2.75, 3.05) is 20.5 Å². The summed E-state index contributed by atoms with van der Waals surface area (Å²) in [5.41, 5.74) is 1.06. The lowest BCUT2D eigenvalue weighted by atomic mass is 9.91. The molecule has 0 bridgehead atoms. The summed E-state index contributed by atoms with van der Waals surface area (Å²) >= 11 is 2.29. The van der Waals surface area contributed by atoms with Crippen LogP contribution in [0.3, 0.4) is 0 Å². The number of rotatable bonds is 8. The molecule has 0 spiro atoms. The first-order chi connectivity index (χ1) is 11.6. The van der Waals surface area contributed by atoms with Crippen LogP contribution in [0.15, 0.2) is 24.3 Å². The molecular weight excluding hydrogens is 421 g/mol. The fraction of sp³-hybridized carbons (Fsp3) is 0.611. The maximum Gasteiger partial charge on any atom is 0.408 e. The van der Waals surface area contributed by atoms with Crippen LogP contribution in [-0.2, 0) is 9.47 Å². The largest absolute Gasteiger partial charge is 0.465 e. The van der Waals surface area contributed by atoms with Gasteiger partial charge >= 0.3 is 6.09 Å². The number of halogens is 1. The maximum absolute atomic E-state index is 12.1. The topological polar surface area (TPSA) is 59.0 Å². The molecule has 1 amide bonds. The molecule has 6 heteroatoms. The molecular formula is C18H26INO4. The third kappa shape index (κ3) is 5.32. The molecule has 1 aromatic carbocycles. The highest BCUT2D eigenvalue weighted by Gasteiger charge is 2.33. The smallest absolute Gasteiger partial charge is 0.408 e. The van der Waals surface area contributed by atoms with E-state index >= 15 is 0 Å². The molecule has 1 saturated carbocycles. The summed E-state index contributed by atoms with van der Waals surface area (Å²) in [5, 5.41) is 9.91. The van der Waals surface area contributed by atoms with Crippen molar-refractivity contribution in [2.45, 2.75) is 50.6 Å². The number of ether oxygens (including phenoxy) is 2. The van der Waals surface area contributed by atoms with E-state index in [4.69, 9.17) is 9.47 Å². The number of hydrogen-bond donors (Lipinski definition) is 1. The first-order valence-electron chi connectivity index (χ1n) is 8.47. The lowest BCUT2D eigenvalue weighted by Gasteiger charge is -2.38. The minimum absolute atomic E-state index is 0.0969. The van der Waals surface area contributed by atoms with E-state index in [-0.39, 0.29) is 18.9 Å². The third-order valence-electron chi connectivity index (χ3n) is 4.53. The van der Waals surface area contributed by atoms with Crippen LogP contribution in [-0.4, -0.2) is 42.7 Å². The van der Waals surface area contributed by atoms with Crippen LogP contribution >= 0.6 is 22.6 Å². The van der Waals surface area contributed by atoms with Gasteiger partial charge in [-0.2, -0.15) is 0 Å². The Bertz CT molecular complexity index is 519. The first kappa shape index (κ1) is 19.5. The van der Waals surface area contributed by atoms with Gasteiger partial charge in [0.2, 0.25) is 0 Å². The van der Waals surface area contributed by atoms with Crippen LogP contribution in [0.5, 0.6) is 0 Å². The second-order valence-electron chi connectivity index (χ2n) is 6.12. The summed E-state index contributed by atoms with van der Waals surface area (Å²) in [7, 11) is 1.59. The maximum atomic E-state index is 12.1. The van der Waals surface area contributed by atoms with Crippen molar-refractivity contribution in [1.82, 2.24) is 4.90 Å². The average molecular weight is 447 g/mol. The van der Waals surface area contributed by atoms with E-state index in [2.05, 4.69) is 22.6 Å². The third-order valence-corrected chi connectivity index (χ3v) is 5.51. The Balaban J connectivity index is 2.23. The minimum atomic E-state index is -0.835. The molecule has 0 unspecified atom stereocenters. The molecule has 134 valence electrons. The Kier molecular flexibility index (Phi) is 8.28. The number of carboxylic acid groups (broad SMARTS) is 1. The van der Waals surface area contributed by atoms with E-state index in [1.54, 1.807) is 12.0 Å². The van der Waals surface area contributed by atoms with Crippen molar-refractivity contribution < 1.29 is 19.4 Å². The van der Waals surface area contributed by atoms with Gasteiger partial charge in [-0.25, -0.2) is 4.79 Å². The Morgan fingerprint density at radius 2 is 2.04 bits per heavy atom. The van der Waals surface area contributed by atoms with Gasteiger partial charge in [0.25, 0.3) is 0 Å². The molecule has 1 aliphatic carbocycles. The first-order valence-corrected chi connectivity index (χ1v) is 9.55. The van der Waals surface area contributed by atoms with E-state index in [1.165, 1.54) is 6.42 Å². The number of benzene rings is 1. The summed E-state index contributed by atoms with van der Waals surface area (Å²) in [5.74, 6) is 0. The molecule has 0 radical (unpaired) electrons. The molecule has 1 aromatic rings. The second-order valence-corrected chi connectivity index (χ2v) is 7.28. The fourth-order valence-electron chi connectivity index (χ4n) is 3.43. The highest BCUT2D eigenvalue weighted by atomic mass is 127. The zero-order chi connectivity index (χ0) is 17.4. The van der Waals surface area contributed by atoms with Crippen LogP contribution in [0, 0.1) is 3.57 Å². The highest BCUT2D eigenvalue weighted by Crippen LogP contribution is 2.34. The van der Waals surface area contributed by atoms with Gasteiger partial charge in [-0.05, 0) is 53.5 Å². The van der Waals surface area contributed by atoms with Crippen molar-refractivity contribution in [2.24, 2.45) is 0 Å². The van der Waals surface area contributed by atoms with Crippen LogP contribution < -0.4 is 0 Å². The SMILES string of the molecule is COCOCC[C@@H](c1ccccc1I)N(C(=O)O)C1CCCCC1. The summed E-state index contributed by atoms with van der Waals surface area (Å²) in [6.07, 6.45) is 5.11. The van der Waals surface area contributed by atoms with Crippen molar-refractivity contribution in [1.29, 1.82) is 0 Å². The number of amides is 1. The number of methoxy groups -OCH3 is 1. The Hall–Kier alpha value is -0.860. The van der Waals surface area contributed by atoms with Crippen LogP contribution in [0.25, 0.3) is 0 Å². The predicted octanol–water partition coefficient (Wildman–Crippen LogP) is 4.66. The molecule has 1 fully saturated rings. The average Bonchev–Trinajstić information content (AvgIpc) is 2.59. The minimum Gasteiger partial charge on any atom is -0.465 e. The van der Waals surface area contributed by atoms with Gasteiger partial charge in [-0.3, -0.25) is 4.90 Å². The van der Waals surface area contributed by atoms with E-state index in [9.17, 15) is 9.90 Å². The van der Waals surface area contributed by atoms with Crippen LogP contribution in [0.4, 0.5) is 4.79 Å². The molecule has 0 aromatic heterocycles. The molecule has 0 heterocycles. The van der Waals surface area contributed by atoms with E-state index in [1.807, 2.05) is 24.3 Å². The van der Waals surface area contributed by atoms with Crippen molar-refractivity contribution in [3.8, 4) is 0 Å². The lowest BCUT2D eigenvalue weighted by molar-refractivity contribution is -0.0382. The van der Waals surface area contributed by atoms with Crippen molar-refractivity contribution >= 4 is 28.7 Å².